The molecular weight excluding hydrogens is 229 g/mol. The van der Waals surface area contributed by atoms with Crippen molar-refractivity contribution in [3.05, 3.63) is 59.4 Å². The van der Waals surface area contributed by atoms with Crippen LogP contribution in [0.4, 0.5) is 10.1 Å². The molecule has 0 amide bonds. The third-order valence-electron chi connectivity index (χ3n) is 2.78. The Morgan fingerprint density at radius 3 is 2.67 bits per heavy atom. The van der Waals surface area contributed by atoms with Gasteiger partial charge in [0.2, 0.25) is 0 Å². The number of aryl methyl sites for hydroxylation is 1. The molecule has 2 nitrogen and oxygen atoms in total. The summed E-state index contributed by atoms with van der Waals surface area (Å²) in [4.78, 5) is 0. The molecule has 0 aliphatic carbocycles. The van der Waals surface area contributed by atoms with Gasteiger partial charge in [-0.3, -0.25) is 0 Å². The summed E-state index contributed by atoms with van der Waals surface area (Å²) in [6.45, 7) is 2.67. The lowest BCUT2D eigenvalue weighted by Gasteiger charge is -2.09. The van der Waals surface area contributed by atoms with E-state index in [2.05, 4.69) is 11.4 Å². The van der Waals surface area contributed by atoms with Gasteiger partial charge in [0.05, 0.1) is 7.11 Å². The summed E-state index contributed by atoms with van der Waals surface area (Å²) in [6, 6.07) is 12.5. The largest absolute Gasteiger partial charge is 0.496 e. The lowest BCUT2D eigenvalue weighted by molar-refractivity contribution is 0.411. The van der Waals surface area contributed by atoms with E-state index in [0.29, 0.717) is 6.54 Å². The molecule has 1 N–H and O–H groups in total. The Kier molecular flexibility index (Phi) is 3.82. The minimum Gasteiger partial charge on any atom is -0.496 e. The summed E-state index contributed by atoms with van der Waals surface area (Å²) in [6.07, 6.45) is 0. The van der Waals surface area contributed by atoms with Gasteiger partial charge >= 0.3 is 0 Å². The number of hydrogen-bond donors (Lipinski definition) is 1. The Morgan fingerprint density at radius 1 is 1.17 bits per heavy atom. The van der Waals surface area contributed by atoms with Crippen LogP contribution in [0.2, 0.25) is 0 Å². The summed E-state index contributed by atoms with van der Waals surface area (Å²) in [5.74, 6) is 0.649. The molecule has 0 aliphatic heterocycles. The van der Waals surface area contributed by atoms with E-state index in [-0.39, 0.29) is 5.82 Å². The normalized spacial score (nSPS) is 10.2. The van der Waals surface area contributed by atoms with Crippen molar-refractivity contribution in [2.45, 2.75) is 13.5 Å². The number of halogens is 1. The minimum absolute atomic E-state index is 0.231. The zero-order chi connectivity index (χ0) is 13.0. The third-order valence-corrected chi connectivity index (χ3v) is 2.78. The predicted octanol–water partition coefficient (Wildman–Crippen LogP) is 3.75. The smallest absolute Gasteiger partial charge is 0.125 e. The average Bonchev–Trinajstić information content (AvgIpc) is 2.37. The van der Waals surface area contributed by atoms with Gasteiger partial charge in [-0.25, -0.2) is 4.39 Å². The molecule has 0 spiro atoms. The van der Waals surface area contributed by atoms with E-state index < -0.39 is 0 Å². The molecule has 2 aromatic carbocycles. The lowest BCUT2D eigenvalue weighted by atomic mass is 10.1. The number of nitrogens with one attached hydrogen (secondary N) is 1. The van der Waals surface area contributed by atoms with Gasteiger partial charge in [0.15, 0.2) is 0 Å². The van der Waals surface area contributed by atoms with Gasteiger partial charge in [-0.05, 0) is 42.3 Å². The number of hydrogen-bond acceptors (Lipinski definition) is 2. The number of anilines is 1. The van der Waals surface area contributed by atoms with E-state index in [1.165, 1.54) is 12.1 Å². The van der Waals surface area contributed by atoms with Crippen molar-refractivity contribution in [2.24, 2.45) is 0 Å². The monoisotopic (exact) mass is 245 g/mol. The van der Waals surface area contributed by atoms with Crippen LogP contribution in [0.1, 0.15) is 11.1 Å². The van der Waals surface area contributed by atoms with Gasteiger partial charge in [0.1, 0.15) is 11.6 Å². The molecule has 18 heavy (non-hydrogen) atoms. The topological polar surface area (TPSA) is 21.3 Å². The van der Waals surface area contributed by atoms with E-state index >= 15 is 0 Å². The molecule has 0 atom stereocenters. The first-order chi connectivity index (χ1) is 8.69. The fraction of sp³-hybridized carbons (Fsp3) is 0.200. The van der Waals surface area contributed by atoms with E-state index in [4.69, 9.17) is 4.74 Å². The van der Waals surface area contributed by atoms with Crippen LogP contribution < -0.4 is 10.1 Å². The van der Waals surface area contributed by atoms with Crippen LogP contribution in [0, 0.1) is 12.7 Å². The van der Waals surface area contributed by atoms with E-state index in [1.54, 1.807) is 13.2 Å². The van der Waals surface area contributed by atoms with E-state index in [9.17, 15) is 4.39 Å². The van der Waals surface area contributed by atoms with Crippen LogP contribution in [0.25, 0.3) is 0 Å². The van der Waals surface area contributed by atoms with Crippen molar-refractivity contribution >= 4 is 5.69 Å². The highest BCUT2D eigenvalue weighted by Crippen LogP contribution is 2.19. The van der Waals surface area contributed by atoms with Crippen molar-refractivity contribution in [2.75, 3.05) is 12.4 Å². The summed E-state index contributed by atoms with van der Waals surface area (Å²) in [5.41, 5.74) is 3.01. The molecule has 0 aromatic heterocycles. The zero-order valence-corrected chi connectivity index (χ0v) is 10.5. The molecular formula is C15H16FNO. The summed E-state index contributed by atoms with van der Waals surface area (Å²) >= 11 is 0. The first-order valence-electron chi connectivity index (χ1n) is 5.82. The molecule has 0 saturated carbocycles. The molecule has 0 aliphatic rings. The van der Waals surface area contributed by atoms with Gasteiger partial charge in [-0.2, -0.15) is 0 Å². The molecule has 94 valence electrons. The Bertz CT molecular complexity index is 540. The number of methoxy groups -OCH3 is 1. The Labute approximate surface area is 106 Å². The number of benzene rings is 2. The van der Waals surface area contributed by atoms with Gasteiger partial charge in [-0.1, -0.05) is 18.2 Å². The Hall–Kier alpha value is -2.03. The molecule has 2 rings (SSSR count). The van der Waals surface area contributed by atoms with Crippen LogP contribution in [-0.4, -0.2) is 7.11 Å². The van der Waals surface area contributed by atoms with Gasteiger partial charge in [0.25, 0.3) is 0 Å². The highest BCUT2D eigenvalue weighted by atomic mass is 19.1. The fourth-order valence-corrected chi connectivity index (χ4v) is 1.85. The summed E-state index contributed by atoms with van der Waals surface area (Å²) in [7, 11) is 1.66. The standard InChI is InChI=1S/C15H16FNO/c1-11-8-12(6-7-15(11)18-2)10-17-14-5-3-4-13(16)9-14/h3-9,17H,10H2,1-2H3. The van der Waals surface area contributed by atoms with Crippen molar-refractivity contribution in [3.63, 3.8) is 0 Å². The minimum atomic E-state index is -0.231. The second kappa shape index (κ2) is 5.54. The van der Waals surface area contributed by atoms with Crippen molar-refractivity contribution in [3.8, 4) is 5.75 Å². The molecule has 0 radical (unpaired) electrons. The maximum atomic E-state index is 13.0. The fourth-order valence-electron chi connectivity index (χ4n) is 1.85. The Balaban J connectivity index is 2.04. The zero-order valence-electron chi connectivity index (χ0n) is 10.5. The molecule has 0 heterocycles. The summed E-state index contributed by atoms with van der Waals surface area (Å²) in [5, 5.41) is 3.19. The third kappa shape index (κ3) is 3.00. The molecule has 0 bridgehead atoms. The van der Waals surface area contributed by atoms with Crippen molar-refractivity contribution in [1.29, 1.82) is 0 Å². The molecule has 0 saturated heterocycles. The maximum Gasteiger partial charge on any atom is 0.125 e. The quantitative estimate of drug-likeness (QED) is 0.885. The van der Waals surface area contributed by atoms with Crippen LogP contribution in [0.5, 0.6) is 5.75 Å². The van der Waals surface area contributed by atoms with Gasteiger partial charge in [-0.15, -0.1) is 0 Å². The van der Waals surface area contributed by atoms with Gasteiger partial charge in [0, 0.05) is 12.2 Å². The highest BCUT2D eigenvalue weighted by molar-refractivity contribution is 5.44. The second-order valence-corrected chi connectivity index (χ2v) is 4.17. The molecule has 2 aromatic rings. The summed E-state index contributed by atoms with van der Waals surface area (Å²) < 4.78 is 18.2. The lowest BCUT2D eigenvalue weighted by Crippen LogP contribution is -2.00. The first kappa shape index (κ1) is 12.4. The number of rotatable bonds is 4. The van der Waals surface area contributed by atoms with Crippen LogP contribution in [0.3, 0.4) is 0 Å². The van der Waals surface area contributed by atoms with Gasteiger partial charge < -0.3 is 10.1 Å². The average molecular weight is 245 g/mol. The van der Waals surface area contributed by atoms with Crippen molar-refractivity contribution in [1.82, 2.24) is 0 Å². The number of ether oxygens (including phenoxy) is 1. The second-order valence-electron chi connectivity index (χ2n) is 4.17. The van der Waals surface area contributed by atoms with E-state index in [1.807, 2.05) is 25.1 Å². The van der Waals surface area contributed by atoms with Crippen molar-refractivity contribution < 1.29 is 9.13 Å². The van der Waals surface area contributed by atoms with Crippen LogP contribution in [0.15, 0.2) is 42.5 Å². The van der Waals surface area contributed by atoms with Crippen LogP contribution >= 0.6 is 0 Å². The molecule has 3 heteroatoms. The molecule has 0 unspecified atom stereocenters. The molecule has 0 fully saturated rings. The Morgan fingerprint density at radius 2 is 2.00 bits per heavy atom. The van der Waals surface area contributed by atoms with E-state index in [0.717, 1.165) is 22.6 Å². The van der Waals surface area contributed by atoms with Crippen LogP contribution in [-0.2, 0) is 6.54 Å². The highest BCUT2D eigenvalue weighted by Gasteiger charge is 2.00. The SMILES string of the molecule is COc1ccc(CNc2cccc(F)c2)cc1C. The predicted molar refractivity (Wildman–Crippen MR) is 71.5 cm³/mol. The first-order valence-corrected chi connectivity index (χ1v) is 5.82. The maximum absolute atomic E-state index is 13.0.